The smallest absolute Gasteiger partial charge is 0.00548 e. The Morgan fingerprint density at radius 2 is 2.27 bits per heavy atom. The topological polar surface area (TPSA) is 26.0 Å². The highest BCUT2D eigenvalue weighted by Crippen LogP contribution is 2.06. The largest absolute Gasteiger partial charge is 0.402 e. The normalized spacial score (nSPS) is 11.6. The molecule has 0 saturated carbocycles. The molecule has 60 valence electrons. The zero-order valence-electron chi connectivity index (χ0n) is 6.96. The maximum atomic E-state index is 5.54. The van der Waals surface area contributed by atoms with Gasteiger partial charge in [0.2, 0.25) is 0 Å². The van der Waals surface area contributed by atoms with E-state index in [1.165, 1.54) is 11.1 Å². The van der Waals surface area contributed by atoms with Gasteiger partial charge in [-0.2, -0.15) is 0 Å². The molecule has 0 amide bonds. The van der Waals surface area contributed by atoms with Gasteiger partial charge in [-0.05, 0) is 25.5 Å². The third-order valence-electron chi connectivity index (χ3n) is 1.44. The van der Waals surface area contributed by atoms with Gasteiger partial charge in [0.25, 0.3) is 0 Å². The molecule has 1 nitrogen and oxygen atoms in total. The zero-order valence-corrected chi connectivity index (χ0v) is 6.96. The monoisotopic (exact) mass is 149 g/mol. The van der Waals surface area contributed by atoms with Gasteiger partial charge in [-0.25, -0.2) is 0 Å². The van der Waals surface area contributed by atoms with Gasteiger partial charge < -0.3 is 5.73 Å². The van der Waals surface area contributed by atoms with Crippen molar-refractivity contribution in [2.24, 2.45) is 5.73 Å². The van der Waals surface area contributed by atoms with E-state index in [1.54, 1.807) is 0 Å². The summed E-state index contributed by atoms with van der Waals surface area (Å²) in [6.45, 7) is 3.96. The molecular formula is C10H15N. The second-order valence-electron chi connectivity index (χ2n) is 2.80. The SMILES string of the molecule is C/C(N)=C/c1cccc(C)c1.[HH]. The van der Waals surface area contributed by atoms with Crippen molar-refractivity contribution in [3.05, 3.63) is 41.1 Å². The van der Waals surface area contributed by atoms with Crippen LogP contribution in [0.15, 0.2) is 30.0 Å². The molecule has 0 heterocycles. The number of rotatable bonds is 1. The van der Waals surface area contributed by atoms with Gasteiger partial charge in [-0.3, -0.25) is 0 Å². The van der Waals surface area contributed by atoms with Gasteiger partial charge in [0, 0.05) is 7.12 Å². The summed E-state index contributed by atoms with van der Waals surface area (Å²) < 4.78 is 0. The summed E-state index contributed by atoms with van der Waals surface area (Å²) >= 11 is 0. The summed E-state index contributed by atoms with van der Waals surface area (Å²) in [5.41, 5.74) is 8.81. The van der Waals surface area contributed by atoms with Crippen LogP contribution in [0.3, 0.4) is 0 Å². The first-order chi connectivity index (χ1) is 5.18. The predicted octanol–water partition coefficient (Wildman–Crippen LogP) is 2.56. The molecule has 0 fully saturated rings. The first-order valence-corrected chi connectivity index (χ1v) is 3.69. The van der Waals surface area contributed by atoms with Crippen LogP contribution < -0.4 is 5.73 Å². The van der Waals surface area contributed by atoms with Crippen LogP contribution >= 0.6 is 0 Å². The second-order valence-corrected chi connectivity index (χ2v) is 2.80. The molecule has 1 rings (SSSR count). The van der Waals surface area contributed by atoms with Crippen LogP contribution in [0, 0.1) is 6.92 Å². The summed E-state index contributed by atoms with van der Waals surface area (Å²) in [4.78, 5) is 0. The number of aryl methyl sites for hydroxylation is 1. The Labute approximate surface area is 69.0 Å². The fraction of sp³-hybridized carbons (Fsp3) is 0.200. The number of benzene rings is 1. The van der Waals surface area contributed by atoms with Crippen LogP contribution in [-0.4, -0.2) is 0 Å². The Bertz CT molecular complexity index is 275. The van der Waals surface area contributed by atoms with Crippen LogP contribution in [-0.2, 0) is 0 Å². The highest BCUT2D eigenvalue weighted by Gasteiger charge is 1.87. The van der Waals surface area contributed by atoms with Gasteiger partial charge in [-0.1, -0.05) is 29.8 Å². The van der Waals surface area contributed by atoms with E-state index in [4.69, 9.17) is 5.73 Å². The van der Waals surface area contributed by atoms with Crippen LogP contribution in [0.25, 0.3) is 6.08 Å². The lowest BCUT2D eigenvalue weighted by molar-refractivity contribution is 1.34. The van der Waals surface area contributed by atoms with E-state index in [-0.39, 0.29) is 1.43 Å². The first kappa shape index (κ1) is 7.86. The lowest BCUT2D eigenvalue weighted by Gasteiger charge is -1.95. The number of allylic oxidation sites excluding steroid dienone is 1. The standard InChI is InChI=1S/C10H13N.H2/c1-8-4-3-5-10(6-8)7-9(2)11;/h3-7H,11H2,1-2H3;1H/b9-7-;. The van der Waals surface area contributed by atoms with Crippen LogP contribution in [0.4, 0.5) is 0 Å². The van der Waals surface area contributed by atoms with E-state index >= 15 is 0 Å². The molecule has 0 radical (unpaired) electrons. The fourth-order valence-electron chi connectivity index (χ4n) is 1.02. The van der Waals surface area contributed by atoms with Gasteiger partial charge >= 0.3 is 0 Å². The Kier molecular flexibility index (Phi) is 2.32. The molecule has 2 N–H and O–H groups in total. The predicted molar refractivity (Wildman–Crippen MR) is 51.1 cm³/mol. The first-order valence-electron chi connectivity index (χ1n) is 3.69. The zero-order chi connectivity index (χ0) is 8.27. The summed E-state index contributed by atoms with van der Waals surface area (Å²) in [7, 11) is 0. The van der Waals surface area contributed by atoms with E-state index in [0.717, 1.165) is 5.70 Å². The van der Waals surface area contributed by atoms with Crippen molar-refractivity contribution in [1.29, 1.82) is 0 Å². The highest BCUT2D eigenvalue weighted by atomic mass is 14.5. The summed E-state index contributed by atoms with van der Waals surface area (Å²) in [5, 5.41) is 0. The van der Waals surface area contributed by atoms with Crippen LogP contribution in [0.2, 0.25) is 0 Å². The quantitative estimate of drug-likeness (QED) is 0.652. The van der Waals surface area contributed by atoms with Crippen LogP contribution in [0.1, 0.15) is 19.5 Å². The Hall–Kier alpha value is -1.24. The number of nitrogens with two attached hydrogens (primary N) is 1. The van der Waals surface area contributed by atoms with Gasteiger partial charge in [0.15, 0.2) is 0 Å². The third-order valence-corrected chi connectivity index (χ3v) is 1.44. The summed E-state index contributed by atoms with van der Waals surface area (Å²) in [6.07, 6.45) is 1.97. The minimum atomic E-state index is 0. The highest BCUT2D eigenvalue weighted by molar-refractivity contribution is 5.52. The third kappa shape index (κ3) is 2.46. The average Bonchev–Trinajstić information content (AvgIpc) is 1.85. The Morgan fingerprint density at radius 1 is 1.55 bits per heavy atom. The number of hydrogen-bond acceptors (Lipinski definition) is 1. The Morgan fingerprint density at radius 3 is 2.82 bits per heavy atom. The molecule has 11 heavy (non-hydrogen) atoms. The van der Waals surface area contributed by atoms with Crippen molar-refractivity contribution in [3.63, 3.8) is 0 Å². The van der Waals surface area contributed by atoms with Crippen molar-refractivity contribution in [3.8, 4) is 0 Å². The molecule has 0 aliphatic carbocycles. The van der Waals surface area contributed by atoms with E-state index in [2.05, 4.69) is 19.1 Å². The van der Waals surface area contributed by atoms with Crippen molar-refractivity contribution in [2.75, 3.05) is 0 Å². The van der Waals surface area contributed by atoms with Gasteiger partial charge in [-0.15, -0.1) is 0 Å². The molecule has 0 aromatic heterocycles. The lowest BCUT2D eigenvalue weighted by atomic mass is 10.1. The van der Waals surface area contributed by atoms with Crippen molar-refractivity contribution in [1.82, 2.24) is 0 Å². The van der Waals surface area contributed by atoms with Crippen molar-refractivity contribution >= 4 is 6.08 Å². The molecule has 1 heteroatoms. The average molecular weight is 149 g/mol. The minimum absolute atomic E-state index is 0. The molecule has 0 aliphatic rings. The minimum Gasteiger partial charge on any atom is -0.402 e. The molecule has 1 aromatic rings. The molecule has 0 saturated heterocycles. The van der Waals surface area contributed by atoms with Crippen LogP contribution in [0.5, 0.6) is 0 Å². The molecule has 1 aromatic carbocycles. The molecule has 0 bridgehead atoms. The van der Waals surface area contributed by atoms with E-state index in [0.29, 0.717) is 0 Å². The van der Waals surface area contributed by atoms with Gasteiger partial charge in [0.1, 0.15) is 0 Å². The maximum absolute atomic E-state index is 5.54. The summed E-state index contributed by atoms with van der Waals surface area (Å²) in [5.74, 6) is 0. The second kappa shape index (κ2) is 3.24. The summed E-state index contributed by atoms with van der Waals surface area (Å²) in [6, 6.07) is 8.26. The van der Waals surface area contributed by atoms with Gasteiger partial charge in [0.05, 0.1) is 0 Å². The van der Waals surface area contributed by atoms with Crippen molar-refractivity contribution in [2.45, 2.75) is 13.8 Å². The van der Waals surface area contributed by atoms with E-state index in [9.17, 15) is 0 Å². The van der Waals surface area contributed by atoms with E-state index < -0.39 is 0 Å². The van der Waals surface area contributed by atoms with Crippen molar-refractivity contribution < 1.29 is 1.43 Å². The molecule has 0 atom stereocenters. The maximum Gasteiger partial charge on any atom is 0.00548 e. The molecule has 0 spiro atoms. The Balaban J connectivity index is 0.00000121. The lowest BCUT2D eigenvalue weighted by Crippen LogP contribution is -1.89. The van der Waals surface area contributed by atoms with E-state index in [1.807, 2.05) is 25.1 Å². The molecule has 0 aliphatic heterocycles. The fourth-order valence-corrected chi connectivity index (χ4v) is 1.02. The molecule has 0 unspecified atom stereocenters. The molecular weight excluding hydrogens is 134 g/mol. The number of hydrogen-bond donors (Lipinski definition) is 1.